The smallest absolute Gasteiger partial charge is 0.274 e. The van der Waals surface area contributed by atoms with Gasteiger partial charge in [-0.05, 0) is 0 Å². The van der Waals surface area contributed by atoms with Gasteiger partial charge in [0.05, 0.1) is 0 Å². The van der Waals surface area contributed by atoms with Crippen LogP contribution in [-0.2, 0) is 4.74 Å². The Morgan fingerprint density at radius 2 is 1.40 bits per heavy atom. The molecule has 0 aromatic rings. The van der Waals surface area contributed by atoms with E-state index in [0.717, 1.165) is 0 Å². The Labute approximate surface area is 103 Å². The number of ether oxygens (including phenoxy) is 1. The van der Waals surface area contributed by atoms with E-state index in [1.165, 1.54) is 0 Å². The molecule has 1 aliphatic rings. The monoisotopic (exact) mass is 326 g/mol. The first-order valence-corrected chi connectivity index (χ1v) is 4.69. The Balaban J connectivity index is 3.61. The summed E-state index contributed by atoms with van der Waals surface area (Å²) in [5.74, 6) is -18.1. The lowest BCUT2D eigenvalue weighted by atomic mass is 9.79. The second kappa shape index (κ2) is 4.10. The Morgan fingerprint density at radius 1 is 1.00 bits per heavy atom. The van der Waals surface area contributed by atoms with E-state index in [0.29, 0.717) is 0 Å². The van der Waals surface area contributed by atoms with Crippen LogP contribution in [0.3, 0.4) is 0 Å². The molecular weight excluding hydrogens is 321 g/mol. The van der Waals surface area contributed by atoms with E-state index in [9.17, 15) is 48.3 Å². The highest BCUT2D eigenvalue weighted by molar-refractivity contribution is 5.18. The summed E-state index contributed by atoms with van der Waals surface area (Å²) in [4.78, 5) is 0. The van der Waals surface area contributed by atoms with Crippen molar-refractivity contribution >= 4 is 0 Å². The summed E-state index contributed by atoms with van der Waals surface area (Å²) < 4.78 is 144. The van der Waals surface area contributed by atoms with Gasteiger partial charge in [0.1, 0.15) is 0 Å². The lowest BCUT2D eigenvalue weighted by Gasteiger charge is -2.50. The second-order valence-electron chi connectivity index (χ2n) is 4.15. The molecule has 120 valence electrons. The van der Waals surface area contributed by atoms with E-state index in [4.69, 9.17) is 0 Å². The summed E-state index contributed by atoms with van der Waals surface area (Å²) in [5, 5.41) is 0. The minimum Gasteiger partial charge on any atom is -0.274 e. The molecule has 1 fully saturated rings. The number of halogens is 11. The summed E-state index contributed by atoms with van der Waals surface area (Å²) in [6, 6.07) is 0. The zero-order valence-electron chi connectivity index (χ0n) is 9.22. The summed E-state index contributed by atoms with van der Waals surface area (Å²) in [7, 11) is 0. The number of rotatable bonds is 2. The van der Waals surface area contributed by atoms with Gasteiger partial charge in [0.2, 0.25) is 6.17 Å². The first kappa shape index (κ1) is 17.2. The largest absolute Gasteiger partial charge is 0.393 e. The fourth-order valence-electron chi connectivity index (χ4n) is 1.62. The molecule has 3 unspecified atom stereocenters. The van der Waals surface area contributed by atoms with Crippen LogP contribution in [-0.4, -0.2) is 42.1 Å². The fraction of sp³-hybridized carbons (Fsp3) is 1.00. The zero-order chi connectivity index (χ0) is 16.4. The van der Waals surface area contributed by atoms with Crippen LogP contribution in [0.2, 0.25) is 0 Å². The highest BCUT2D eigenvalue weighted by Gasteiger charge is 2.90. The van der Waals surface area contributed by atoms with Crippen molar-refractivity contribution in [1.29, 1.82) is 0 Å². The Bertz CT molecular complexity index is 392. The third kappa shape index (κ3) is 1.79. The first-order valence-electron chi connectivity index (χ1n) is 4.69. The minimum atomic E-state index is -6.60. The summed E-state index contributed by atoms with van der Waals surface area (Å²) in [5.41, 5.74) is -6.51. The summed E-state index contributed by atoms with van der Waals surface area (Å²) in [6.07, 6.45) is -16.3. The van der Waals surface area contributed by atoms with E-state index >= 15 is 0 Å². The van der Waals surface area contributed by atoms with E-state index in [1.807, 2.05) is 0 Å². The Hall–Kier alpha value is -0.810. The van der Waals surface area contributed by atoms with Gasteiger partial charge in [-0.25, -0.2) is 22.0 Å². The molecule has 0 bridgehead atoms. The third-order valence-electron chi connectivity index (χ3n) is 2.75. The molecule has 1 nitrogen and oxygen atoms in total. The molecule has 0 aromatic carbocycles. The van der Waals surface area contributed by atoms with Crippen molar-refractivity contribution in [3.63, 3.8) is 0 Å². The standard InChI is InChI=1S/C8H5F11O/c1-4(12)8(18,19)5(13,6(14,15)3(10)11)2(9)7(16,17)20-4/h2-3H,1H3. The first-order chi connectivity index (χ1) is 8.56. The maximum absolute atomic E-state index is 13.6. The maximum Gasteiger partial charge on any atom is 0.393 e. The quantitative estimate of drug-likeness (QED) is 0.700. The van der Waals surface area contributed by atoms with Crippen LogP contribution < -0.4 is 0 Å². The lowest BCUT2D eigenvalue weighted by Crippen LogP contribution is -2.78. The second-order valence-corrected chi connectivity index (χ2v) is 4.15. The molecule has 1 aliphatic heterocycles. The fourth-order valence-corrected chi connectivity index (χ4v) is 1.62. The molecule has 0 aliphatic carbocycles. The predicted octanol–water partition coefficient (Wildman–Crippen LogP) is 3.88. The predicted molar refractivity (Wildman–Crippen MR) is 40.2 cm³/mol. The molecule has 0 aromatic heterocycles. The molecule has 0 radical (unpaired) electrons. The van der Waals surface area contributed by atoms with Gasteiger partial charge in [0, 0.05) is 6.92 Å². The molecule has 0 amide bonds. The molecule has 1 saturated heterocycles. The van der Waals surface area contributed by atoms with Crippen LogP contribution in [0.5, 0.6) is 0 Å². The van der Waals surface area contributed by atoms with Crippen molar-refractivity contribution in [1.82, 2.24) is 0 Å². The van der Waals surface area contributed by atoms with Crippen molar-refractivity contribution < 1.29 is 53.0 Å². The molecule has 20 heavy (non-hydrogen) atoms. The topological polar surface area (TPSA) is 9.23 Å². The molecule has 1 heterocycles. The zero-order valence-corrected chi connectivity index (χ0v) is 9.22. The number of hydrogen-bond acceptors (Lipinski definition) is 1. The average molecular weight is 326 g/mol. The molecule has 0 saturated carbocycles. The maximum atomic E-state index is 13.6. The lowest BCUT2D eigenvalue weighted by molar-refractivity contribution is -0.487. The van der Waals surface area contributed by atoms with Gasteiger partial charge in [0.15, 0.2) is 0 Å². The molecule has 12 heteroatoms. The van der Waals surface area contributed by atoms with Crippen LogP contribution in [0.15, 0.2) is 0 Å². The van der Waals surface area contributed by atoms with Crippen LogP contribution in [0.4, 0.5) is 48.3 Å². The van der Waals surface area contributed by atoms with Gasteiger partial charge < -0.3 is 0 Å². The number of hydrogen-bond donors (Lipinski definition) is 0. The van der Waals surface area contributed by atoms with E-state index in [2.05, 4.69) is 4.74 Å². The van der Waals surface area contributed by atoms with Gasteiger partial charge in [-0.3, -0.25) is 4.74 Å². The molecule has 0 N–H and O–H groups in total. The van der Waals surface area contributed by atoms with Gasteiger partial charge in [0.25, 0.3) is 11.5 Å². The van der Waals surface area contributed by atoms with Crippen molar-refractivity contribution in [2.45, 2.75) is 49.0 Å². The molecule has 1 rings (SSSR count). The van der Waals surface area contributed by atoms with Gasteiger partial charge in [-0.1, -0.05) is 0 Å². The Morgan fingerprint density at radius 3 is 1.75 bits per heavy atom. The highest BCUT2D eigenvalue weighted by Crippen LogP contribution is 2.62. The van der Waals surface area contributed by atoms with Crippen molar-refractivity contribution in [3.05, 3.63) is 0 Å². The van der Waals surface area contributed by atoms with Crippen molar-refractivity contribution in [3.8, 4) is 0 Å². The summed E-state index contributed by atoms with van der Waals surface area (Å²) >= 11 is 0. The average Bonchev–Trinajstić information content (AvgIpc) is 2.22. The minimum absolute atomic E-state index is 0.608. The third-order valence-corrected chi connectivity index (χ3v) is 2.75. The van der Waals surface area contributed by atoms with E-state index in [1.54, 1.807) is 0 Å². The van der Waals surface area contributed by atoms with Gasteiger partial charge >= 0.3 is 24.4 Å². The van der Waals surface area contributed by atoms with Crippen LogP contribution in [0, 0.1) is 0 Å². The summed E-state index contributed by atoms with van der Waals surface area (Å²) in [6.45, 7) is -0.608. The molecule has 0 spiro atoms. The van der Waals surface area contributed by atoms with Crippen LogP contribution in [0.1, 0.15) is 6.92 Å². The molecular formula is C8H5F11O. The van der Waals surface area contributed by atoms with Gasteiger partial charge in [-0.15, -0.1) is 0 Å². The van der Waals surface area contributed by atoms with E-state index < -0.39 is 49.0 Å². The SMILES string of the molecule is CC1(F)OC(F)(F)C(F)C(F)(C(F)(F)C(F)F)C1(F)F. The van der Waals surface area contributed by atoms with Crippen molar-refractivity contribution in [2.75, 3.05) is 0 Å². The van der Waals surface area contributed by atoms with Crippen LogP contribution in [0.25, 0.3) is 0 Å². The number of alkyl halides is 11. The van der Waals surface area contributed by atoms with Crippen LogP contribution >= 0.6 is 0 Å². The molecule has 3 atom stereocenters. The Kier molecular flexibility index (Phi) is 3.54. The van der Waals surface area contributed by atoms with Gasteiger partial charge in [-0.2, -0.15) is 26.3 Å². The normalized spacial score (nSPS) is 41.0. The van der Waals surface area contributed by atoms with Crippen molar-refractivity contribution in [2.24, 2.45) is 0 Å². The van der Waals surface area contributed by atoms with E-state index in [-0.39, 0.29) is 0 Å². The highest BCUT2D eigenvalue weighted by atomic mass is 19.3.